The van der Waals surface area contributed by atoms with E-state index < -0.39 is 9.84 Å². The molecule has 1 aromatic carbocycles. The van der Waals surface area contributed by atoms with Crippen molar-refractivity contribution >= 4 is 9.84 Å². The molecule has 1 rings (SSSR count). The first-order chi connectivity index (χ1) is 8.60. The summed E-state index contributed by atoms with van der Waals surface area (Å²) in [7, 11) is -3.15. The average Bonchev–Trinajstić information content (AvgIpc) is 2.38. The first kappa shape index (κ1) is 15.2. The van der Waals surface area contributed by atoms with Crippen LogP contribution in [0.15, 0.2) is 29.2 Å². The molecule has 0 N–H and O–H groups in total. The highest BCUT2D eigenvalue weighted by atomic mass is 32.2. The molecule has 0 heterocycles. The lowest BCUT2D eigenvalue weighted by Gasteiger charge is -2.06. The molecule has 1 aromatic rings. The third kappa shape index (κ3) is 4.78. The van der Waals surface area contributed by atoms with Gasteiger partial charge >= 0.3 is 0 Å². The summed E-state index contributed by atoms with van der Waals surface area (Å²) in [6, 6.07) is 7.14. The molecular weight excluding hydrogens is 248 g/mol. The first-order valence-electron chi connectivity index (χ1n) is 6.49. The summed E-state index contributed by atoms with van der Waals surface area (Å²) in [5, 5.41) is 0. The maximum absolute atomic E-state index is 12.0. The fourth-order valence-electron chi connectivity index (χ4n) is 1.65. The molecule has 102 valence electrons. The molecular formula is C14H22O3S. The Morgan fingerprint density at radius 1 is 1.06 bits per heavy atom. The molecule has 0 atom stereocenters. The van der Waals surface area contributed by atoms with E-state index in [1.165, 1.54) is 0 Å². The summed E-state index contributed by atoms with van der Waals surface area (Å²) in [6.07, 6.45) is 2.44. The molecule has 4 heteroatoms. The van der Waals surface area contributed by atoms with Gasteiger partial charge in [-0.15, -0.1) is 0 Å². The minimum absolute atomic E-state index is 0.155. The minimum atomic E-state index is -3.15. The normalized spacial score (nSPS) is 11.7. The summed E-state index contributed by atoms with van der Waals surface area (Å²) in [4.78, 5) is 0.412. The fraction of sp³-hybridized carbons (Fsp3) is 0.571. The number of aryl methyl sites for hydroxylation is 1. The molecule has 0 aromatic heterocycles. The minimum Gasteiger partial charge on any atom is -0.381 e. The lowest BCUT2D eigenvalue weighted by molar-refractivity contribution is 0.136. The van der Waals surface area contributed by atoms with Crippen LogP contribution in [0.5, 0.6) is 0 Å². The Hall–Kier alpha value is -0.870. The van der Waals surface area contributed by atoms with Gasteiger partial charge in [-0.05, 0) is 37.0 Å². The van der Waals surface area contributed by atoms with Gasteiger partial charge in [-0.1, -0.05) is 26.0 Å². The highest BCUT2D eigenvalue weighted by Crippen LogP contribution is 2.13. The Morgan fingerprint density at radius 2 is 1.72 bits per heavy atom. The van der Waals surface area contributed by atoms with Crippen LogP contribution >= 0.6 is 0 Å². The lowest BCUT2D eigenvalue weighted by Crippen LogP contribution is -2.09. The van der Waals surface area contributed by atoms with Crippen molar-refractivity contribution in [3.8, 4) is 0 Å². The quantitative estimate of drug-likeness (QED) is 0.682. The highest BCUT2D eigenvalue weighted by Gasteiger charge is 2.13. The van der Waals surface area contributed by atoms with Gasteiger partial charge in [0.2, 0.25) is 0 Å². The van der Waals surface area contributed by atoms with Gasteiger partial charge in [0.25, 0.3) is 0 Å². The topological polar surface area (TPSA) is 43.4 Å². The number of hydrogen-bond donors (Lipinski definition) is 0. The molecule has 0 fully saturated rings. The predicted octanol–water partition coefficient (Wildman–Crippen LogP) is 2.84. The molecule has 18 heavy (non-hydrogen) atoms. The number of sulfone groups is 1. The van der Waals surface area contributed by atoms with E-state index in [1.807, 2.05) is 19.1 Å². The second kappa shape index (κ2) is 7.54. The van der Waals surface area contributed by atoms with Gasteiger partial charge in [0.05, 0.1) is 10.6 Å². The highest BCUT2D eigenvalue weighted by molar-refractivity contribution is 7.91. The Morgan fingerprint density at radius 3 is 2.28 bits per heavy atom. The molecule has 0 aliphatic heterocycles. The van der Waals surface area contributed by atoms with Gasteiger partial charge in [-0.2, -0.15) is 0 Å². The number of rotatable bonds is 8. The van der Waals surface area contributed by atoms with Crippen LogP contribution in [-0.2, 0) is 21.0 Å². The van der Waals surface area contributed by atoms with Crippen LogP contribution in [0, 0.1) is 0 Å². The van der Waals surface area contributed by atoms with Crippen LogP contribution in [-0.4, -0.2) is 27.4 Å². The van der Waals surface area contributed by atoms with Crippen molar-refractivity contribution in [2.45, 2.75) is 38.0 Å². The smallest absolute Gasteiger partial charge is 0.178 e. The number of ether oxygens (including phenoxy) is 1. The largest absolute Gasteiger partial charge is 0.381 e. The van der Waals surface area contributed by atoms with E-state index in [0.717, 1.165) is 18.4 Å². The maximum atomic E-state index is 12.0. The molecule has 0 spiro atoms. The molecule has 0 aliphatic carbocycles. The van der Waals surface area contributed by atoms with E-state index in [0.29, 0.717) is 24.5 Å². The zero-order valence-corrected chi connectivity index (χ0v) is 12.0. The molecule has 0 bridgehead atoms. The molecule has 0 radical (unpaired) electrons. The Kier molecular flexibility index (Phi) is 6.36. The fourth-order valence-corrected chi connectivity index (χ4v) is 2.93. The zero-order chi connectivity index (χ0) is 13.4. The SMILES string of the molecule is CCCOCCCS(=O)(=O)c1ccc(CC)cc1. The van der Waals surface area contributed by atoms with Gasteiger partial charge in [0.15, 0.2) is 9.84 Å². The van der Waals surface area contributed by atoms with Gasteiger partial charge < -0.3 is 4.74 Å². The third-order valence-corrected chi connectivity index (χ3v) is 4.56. The van der Waals surface area contributed by atoms with E-state index in [4.69, 9.17) is 4.74 Å². The van der Waals surface area contributed by atoms with Crippen LogP contribution in [0.1, 0.15) is 32.3 Å². The Labute approximate surface area is 110 Å². The van der Waals surface area contributed by atoms with Crippen molar-refractivity contribution in [1.29, 1.82) is 0 Å². The summed E-state index contributed by atoms with van der Waals surface area (Å²) in [5.41, 5.74) is 1.15. The van der Waals surface area contributed by atoms with E-state index in [1.54, 1.807) is 12.1 Å². The van der Waals surface area contributed by atoms with Crippen molar-refractivity contribution < 1.29 is 13.2 Å². The molecule has 0 aliphatic rings. The van der Waals surface area contributed by atoms with E-state index >= 15 is 0 Å². The average molecular weight is 270 g/mol. The zero-order valence-electron chi connectivity index (χ0n) is 11.2. The standard InChI is InChI=1S/C14H22O3S/c1-3-10-17-11-5-12-18(15,16)14-8-6-13(4-2)7-9-14/h6-9H,3-5,10-12H2,1-2H3. The molecule has 0 amide bonds. The van der Waals surface area contributed by atoms with Crippen LogP contribution < -0.4 is 0 Å². The van der Waals surface area contributed by atoms with Crippen LogP contribution in [0.3, 0.4) is 0 Å². The van der Waals surface area contributed by atoms with E-state index in [2.05, 4.69) is 6.92 Å². The first-order valence-corrected chi connectivity index (χ1v) is 8.14. The van der Waals surface area contributed by atoms with Crippen LogP contribution in [0.2, 0.25) is 0 Å². The van der Waals surface area contributed by atoms with Gasteiger partial charge in [0, 0.05) is 13.2 Å². The van der Waals surface area contributed by atoms with Crippen molar-refractivity contribution in [3.63, 3.8) is 0 Å². The molecule has 0 saturated heterocycles. The maximum Gasteiger partial charge on any atom is 0.178 e. The second-order valence-electron chi connectivity index (χ2n) is 4.28. The number of hydrogen-bond acceptors (Lipinski definition) is 3. The summed E-state index contributed by atoms with van der Waals surface area (Å²) < 4.78 is 29.3. The summed E-state index contributed by atoms with van der Waals surface area (Å²) in [6.45, 7) is 5.30. The van der Waals surface area contributed by atoms with Crippen LogP contribution in [0.4, 0.5) is 0 Å². The third-order valence-electron chi connectivity index (χ3n) is 2.74. The van der Waals surface area contributed by atoms with E-state index in [-0.39, 0.29) is 5.75 Å². The second-order valence-corrected chi connectivity index (χ2v) is 6.39. The number of benzene rings is 1. The van der Waals surface area contributed by atoms with Crippen molar-refractivity contribution in [3.05, 3.63) is 29.8 Å². The molecule has 3 nitrogen and oxygen atoms in total. The Balaban J connectivity index is 2.51. The monoisotopic (exact) mass is 270 g/mol. The predicted molar refractivity (Wildman–Crippen MR) is 73.6 cm³/mol. The van der Waals surface area contributed by atoms with E-state index in [9.17, 15) is 8.42 Å². The lowest BCUT2D eigenvalue weighted by atomic mass is 10.2. The van der Waals surface area contributed by atoms with Crippen molar-refractivity contribution in [2.75, 3.05) is 19.0 Å². The van der Waals surface area contributed by atoms with Gasteiger partial charge in [0.1, 0.15) is 0 Å². The summed E-state index contributed by atoms with van der Waals surface area (Å²) >= 11 is 0. The Bertz CT molecular complexity index is 435. The molecule has 0 unspecified atom stereocenters. The van der Waals surface area contributed by atoms with Gasteiger partial charge in [-0.25, -0.2) is 8.42 Å². The van der Waals surface area contributed by atoms with Gasteiger partial charge in [-0.3, -0.25) is 0 Å². The van der Waals surface area contributed by atoms with Crippen molar-refractivity contribution in [2.24, 2.45) is 0 Å². The molecule has 0 saturated carbocycles. The van der Waals surface area contributed by atoms with Crippen molar-refractivity contribution in [1.82, 2.24) is 0 Å². The summed E-state index contributed by atoms with van der Waals surface area (Å²) in [5.74, 6) is 0.155. The van der Waals surface area contributed by atoms with Crippen LogP contribution in [0.25, 0.3) is 0 Å².